The van der Waals surface area contributed by atoms with Crippen molar-refractivity contribution in [2.45, 2.75) is 31.6 Å². The number of nitrogens with zero attached hydrogens (tertiary/aromatic N) is 1. The molecule has 1 fully saturated rings. The molecule has 0 bridgehead atoms. The quantitative estimate of drug-likeness (QED) is 0.684. The van der Waals surface area contributed by atoms with E-state index in [1.807, 2.05) is 0 Å². The Kier molecular flexibility index (Phi) is 4.86. The highest BCUT2D eigenvalue weighted by atomic mass is 19.4. The molecule has 0 saturated heterocycles. The molecule has 0 unspecified atom stereocenters. The van der Waals surface area contributed by atoms with Gasteiger partial charge in [0, 0.05) is 12.6 Å². The number of rotatable bonds is 4. The van der Waals surface area contributed by atoms with Crippen LogP contribution in [0.5, 0.6) is 0 Å². The second-order valence-corrected chi connectivity index (χ2v) is 5.07. The van der Waals surface area contributed by atoms with Gasteiger partial charge in [0.2, 0.25) is 0 Å². The van der Waals surface area contributed by atoms with Crippen molar-refractivity contribution >= 4 is 0 Å². The molecule has 1 saturated carbocycles. The van der Waals surface area contributed by atoms with Gasteiger partial charge in [-0.15, -0.1) is 0 Å². The van der Waals surface area contributed by atoms with Crippen molar-refractivity contribution in [3.63, 3.8) is 0 Å². The molecule has 0 aliphatic heterocycles. The molecule has 1 aromatic carbocycles. The zero-order chi connectivity index (χ0) is 15.5. The molecule has 0 aromatic heterocycles. The van der Waals surface area contributed by atoms with Crippen molar-refractivity contribution in [3.8, 4) is 11.8 Å². The highest BCUT2D eigenvalue weighted by Gasteiger charge is 2.37. The van der Waals surface area contributed by atoms with E-state index in [0.29, 0.717) is 5.56 Å². The number of hydrogen-bond donors (Lipinski definition) is 1. The van der Waals surface area contributed by atoms with Gasteiger partial charge in [0.25, 0.3) is 0 Å². The first-order valence-electron chi connectivity index (χ1n) is 6.67. The van der Waals surface area contributed by atoms with Crippen LogP contribution in [0.1, 0.15) is 24.0 Å². The summed E-state index contributed by atoms with van der Waals surface area (Å²) in [4.78, 5) is 1.38. The summed E-state index contributed by atoms with van der Waals surface area (Å²) < 4.78 is 51.2. The Balaban J connectivity index is 2.13. The van der Waals surface area contributed by atoms with Crippen LogP contribution in [0.3, 0.4) is 0 Å². The average Bonchev–Trinajstić information content (AvgIpc) is 3.21. The molecule has 6 heteroatoms. The number of hydrogen-bond acceptors (Lipinski definition) is 2. The van der Waals surface area contributed by atoms with Gasteiger partial charge in [0.1, 0.15) is 5.82 Å². The Hall–Kier alpha value is -1.58. The first kappa shape index (κ1) is 15.8. The predicted octanol–water partition coefficient (Wildman–Crippen LogP) is 2.66. The van der Waals surface area contributed by atoms with Crippen LogP contribution in [0, 0.1) is 17.7 Å². The molecule has 0 amide bonds. The van der Waals surface area contributed by atoms with Gasteiger partial charge in [0.15, 0.2) is 0 Å². The maximum Gasteiger partial charge on any atom is 0.401 e. The van der Waals surface area contributed by atoms with Gasteiger partial charge in [-0.2, -0.15) is 13.2 Å². The lowest BCUT2D eigenvalue weighted by Gasteiger charge is -2.23. The fourth-order valence-electron chi connectivity index (χ4n) is 2.13. The summed E-state index contributed by atoms with van der Waals surface area (Å²) in [5.41, 5.74) is 6.02. The third kappa shape index (κ3) is 5.03. The van der Waals surface area contributed by atoms with Crippen LogP contribution in [0.15, 0.2) is 18.2 Å². The highest BCUT2D eigenvalue weighted by Crippen LogP contribution is 2.31. The highest BCUT2D eigenvalue weighted by molar-refractivity contribution is 5.38. The van der Waals surface area contributed by atoms with Crippen LogP contribution < -0.4 is 5.73 Å². The molecule has 1 aliphatic carbocycles. The first-order chi connectivity index (χ1) is 9.89. The normalized spacial score (nSPS) is 15.0. The van der Waals surface area contributed by atoms with Crippen LogP contribution in [-0.2, 0) is 6.54 Å². The maximum atomic E-state index is 13.5. The summed E-state index contributed by atoms with van der Waals surface area (Å²) in [6, 6.07) is 4.18. The van der Waals surface area contributed by atoms with E-state index in [1.165, 1.54) is 23.1 Å². The van der Waals surface area contributed by atoms with Gasteiger partial charge >= 0.3 is 6.18 Å². The summed E-state index contributed by atoms with van der Waals surface area (Å²) in [5.74, 6) is 4.64. The molecule has 2 N–H and O–H groups in total. The van der Waals surface area contributed by atoms with E-state index in [0.717, 1.165) is 12.8 Å². The molecule has 0 radical (unpaired) electrons. The van der Waals surface area contributed by atoms with Gasteiger partial charge in [-0.05, 0) is 30.5 Å². The standard InChI is InChI=1S/C15H16F4N2/c16-14-6-3-11(8-12(14)2-1-7-20)9-21(13-4-5-13)10-15(17,18)19/h3,6,8,13H,4-5,7,9-10,20H2. The van der Waals surface area contributed by atoms with E-state index in [4.69, 9.17) is 5.73 Å². The molecular weight excluding hydrogens is 284 g/mol. The minimum Gasteiger partial charge on any atom is -0.320 e. The van der Waals surface area contributed by atoms with Crippen molar-refractivity contribution in [3.05, 3.63) is 35.1 Å². The monoisotopic (exact) mass is 300 g/mol. The Morgan fingerprint density at radius 1 is 1.29 bits per heavy atom. The van der Waals surface area contributed by atoms with Crippen molar-refractivity contribution in [2.75, 3.05) is 13.1 Å². The number of benzene rings is 1. The zero-order valence-corrected chi connectivity index (χ0v) is 11.4. The number of alkyl halides is 3. The van der Waals surface area contributed by atoms with Crippen molar-refractivity contribution in [1.82, 2.24) is 4.90 Å². The smallest absolute Gasteiger partial charge is 0.320 e. The van der Waals surface area contributed by atoms with E-state index < -0.39 is 18.5 Å². The van der Waals surface area contributed by atoms with Gasteiger partial charge < -0.3 is 5.73 Å². The van der Waals surface area contributed by atoms with E-state index >= 15 is 0 Å². The molecule has 0 heterocycles. The molecular formula is C15H16F4N2. The Bertz CT molecular complexity index is 553. The number of nitrogens with two attached hydrogens (primary N) is 1. The van der Waals surface area contributed by atoms with Crippen molar-refractivity contribution in [1.29, 1.82) is 0 Å². The van der Waals surface area contributed by atoms with Gasteiger partial charge in [0.05, 0.1) is 18.7 Å². The predicted molar refractivity (Wildman–Crippen MR) is 71.8 cm³/mol. The fourth-order valence-corrected chi connectivity index (χ4v) is 2.13. The van der Waals surface area contributed by atoms with Crippen LogP contribution in [-0.4, -0.2) is 30.2 Å². The second kappa shape index (κ2) is 6.46. The van der Waals surface area contributed by atoms with Crippen molar-refractivity contribution < 1.29 is 17.6 Å². The minimum absolute atomic E-state index is 0.0322. The van der Waals surface area contributed by atoms with Gasteiger partial charge in [-0.3, -0.25) is 4.90 Å². The van der Waals surface area contributed by atoms with E-state index in [2.05, 4.69) is 11.8 Å². The Morgan fingerprint density at radius 3 is 2.57 bits per heavy atom. The van der Waals surface area contributed by atoms with E-state index in [9.17, 15) is 17.6 Å². The molecule has 0 spiro atoms. The summed E-state index contributed by atoms with van der Waals surface area (Å²) in [5, 5.41) is 0. The summed E-state index contributed by atoms with van der Waals surface area (Å²) in [7, 11) is 0. The summed E-state index contributed by atoms with van der Waals surface area (Å²) in [6.07, 6.45) is -2.68. The molecule has 1 aliphatic rings. The molecule has 2 nitrogen and oxygen atoms in total. The van der Waals surface area contributed by atoms with Crippen LogP contribution in [0.2, 0.25) is 0 Å². The lowest BCUT2D eigenvalue weighted by molar-refractivity contribution is -0.148. The van der Waals surface area contributed by atoms with Crippen LogP contribution in [0.25, 0.3) is 0 Å². The molecule has 21 heavy (non-hydrogen) atoms. The molecule has 1 aromatic rings. The third-order valence-electron chi connectivity index (χ3n) is 3.19. The van der Waals surface area contributed by atoms with Crippen LogP contribution in [0.4, 0.5) is 17.6 Å². The topological polar surface area (TPSA) is 29.3 Å². The number of halogens is 4. The fraction of sp³-hybridized carbons (Fsp3) is 0.467. The summed E-state index contributed by atoms with van der Waals surface area (Å²) >= 11 is 0. The summed E-state index contributed by atoms with van der Waals surface area (Å²) in [6.45, 7) is -0.702. The molecule has 0 atom stereocenters. The largest absolute Gasteiger partial charge is 0.401 e. The van der Waals surface area contributed by atoms with E-state index in [1.54, 1.807) is 0 Å². The Morgan fingerprint density at radius 2 is 2.00 bits per heavy atom. The maximum absolute atomic E-state index is 13.5. The second-order valence-electron chi connectivity index (χ2n) is 5.07. The molecule has 2 rings (SSSR count). The van der Waals surface area contributed by atoms with Gasteiger partial charge in [-0.25, -0.2) is 4.39 Å². The zero-order valence-electron chi connectivity index (χ0n) is 11.4. The SMILES string of the molecule is NCC#Cc1cc(CN(CC(F)(F)F)C2CC2)ccc1F. The lowest BCUT2D eigenvalue weighted by atomic mass is 10.1. The van der Waals surface area contributed by atoms with Crippen LogP contribution >= 0.6 is 0 Å². The van der Waals surface area contributed by atoms with Gasteiger partial charge in [-0.1, -0.05) is 17.9 Å². The third-order valence-corrected chi connectivity index (χ3v) is 3.19. The molecule has 114 valence electrons. The minimum atomic E-state index is -4.23. The Labute approximate surface area is 120 Å². The average molecular weight is 300 g/mol. The first-order valence-corrected chi connectivity index (χ1v) is 6.67. The van der Waals surface area contributed by atoms with Crippen molar-refractivity contribution in [2.24, 2.45) is 5.73 Å². The van der Waals surface area contributed by atoms with E-state index in [-0.39, 0.29) is 24.7 Å². The lowest BCUT2D eigenvalue weighted by Crippen LogP contribution is -2.35.